The highest BCUT2D eigenvalue weighted by Crippen LogP contribution is 2.37. The van der Waals surface area contributed by atoms with Crippen molar-refractivity contribution in [1.82, 2.24) is 4.90 Å². The second kappa shape index (κ2) is 7.58. The number of esters is 1. The lowest BCUT2D eigenvalue weighted by molar-refractivity contribution is 0.0527. The summed E-state index contributed by atoms with van der Waals surface area (Å²) in [5.41, 5.74) is 1.35. The van der Waals surface area contributed by atoms with Crippen molar-refractivity contribution in [3.8, 4) is 0 Å². The molecule has 0 bridgehead atoms. The summed E-state index contributed by atoms with van der Waals surface area (Å²) in [4.78, 5) is 29.2. The summed E-state index contributed by atoms with van der Waals surface area (Å²) in [6.45, 7) is 6.65. The van der Waals surface area contributed by atoms with Crippen molar-refractivity contribution in [2.45, 2.75) is 39.7 Å². The molecule has 1 N–H and O–H groups in total. The van der Waals surface area contributed by atoms with Crippen LogP contribution in [0.5, 0.6) is 0 Å². The second-order valence-corrected chi connectivity index (χ2v) is 8.21. The Morgan fingerprint density at radius 3 is 2.88 bits per heavy atom. The molecule has 0 radical (unpaired) electrons. The minimum Gasteiger partial charge on any atom is -0.462 e. The van der Waals surface area contributed by atoms with Gasteiger partial charge in [-0.1, -0.05) is 6.07 Å². The molecule has 3 heterocycles. The number of hydrogen-bond donors (Lipinski definition) is 1. The molecule has 1 atom stereocenters. The number of anilines is 1. The summed E-state index contributed by atoms with van der Waals surface area (Å²) in [6.07, 6.45) is 1.96. The average Bonchev–Trinajstić information content (AvgIpc) is 3.29. The molecule has 3 rings (SSSR count). The van der Waals surface area contributed by atoms with Crippen LogP contribution in [0, 0.1) is 13.8 Å². The van der Waals surface area contributed by atoms with E-state index in [4.69, 9.17) is 4.74 Å². The van der Waals surface area contributed by atoms with Gasteiger partial charge >= 0.3 is 12.0 Å². The van der Waals surface area contributed by atoms with Gasteiger partial charge in [0.1, 0.15) is 5.00 Å². The molecule has 0 aliphatic carbocycles. The number of urea groups is 1. The molecule has 25 heavy (non-hydrogen) atoms. The number of carbonyl (C=O) groups excluding carboxylic acids is 2. The van der Waals surface area contributed by atoms with Gasteiger partial charge in [0.2, 0.25) is 0 Å². The Morgan fingerprint density at radius 2 is 2.20 bits per heavy atom. The van der Waals surface area contributed by atoms with Crippen LogP contribution in [0.3, 0.4) is 0 Å². The van der Waals surface area contributed by atoms with Crippen LogP contribution in [0.1, 0.15) is 51.5 Å². The summed E-state index contributed by atoms with van der Waals surface area (Å²) < 4.78 is 5.15. The summed E-state index contributed by atoms with van der Waals surface area (Å²) in [5, 5.41) is 5.57. The monoisotopic (exact) mass is 378 g/mol. The van der Waals surface area contributed by atoms with Gasteiger partial charge in [-0.3, -0.25) is 5.32 Å². The van der Waals surface area contributed by atoms with E-state index in [0.717, 1.165) is 29.8 Å². The van der Waals surface area contributed by atoms with E-state index < -0.39 is 0 Å². The largest absolute Gasteiger partial charge is 0.462 e. The minimum atomic E-state index is -0.379. The molecule has 2 amide bonds. The molecule has 1 aliphatic heterocycles. The van der Waals surface area contributed by atoms with E-state index in [-0.39, 0.29) is 18.0 Å². The number of ether oxygens (including phenoxy) is 1. The maximum Gasteiger partial charge on any atom is 0.341 e. The van der Waals surface area contributed by atoms with Crippen LogP contribution in [0.2, 0.25) is 0 Å². The fourth-order valence-corrected chi connectivity index (χ4v) is 5.03. The van der Waals surface area contributed by atoms with Crippen LogP contribution in [0.15, 0.2) is 17.5 Å². The van der Waals surface area contributed by atoms with Gasteiger partial charge in [0.05, 0.1) is 18.2 Å². The number of nitrogens with zero attached hydrogens (tertiary/aromatic N) is 1. The van der Waals surface area contributed by atoms with Crippen LogP contribution < -0.4 is 5.32 Å². The topological polar surface area (TPSA) is 58.6 Å². The van der Waals surface area contributed by atoms with Gasteiger partial charge in [-0.15, -0.1) is 22.7 Å². The first-order valence-corrected chi connectivity index (χ1v) is 10.1. The highest BCUT2D eigenvalue weighted by Gasteiger charge is 2.32. The Hall–Kier alpha value is -1.86. The fraction of sp³-hybridized carbons (Fsp3) is 0.444. The van der Waals surface area contributed by atoms with E-state index in [9.17, 15) is 9.59 Å². The van der Waals surface area contributed by atoms with Gasteiger partial charge in [-0.2, -0.15) is 0 Å². The lowest BCUT2D eigenvalue weighted by Gasteiger charge is -2.24. The Balaban J connectivity index is 1.81. The fourth-order valence-electron chi connectivity index (χ4n) is 3.12. The maximum atomic E-state index is 12.8. The number of amides is 2. The zero-order valence-electron chi connectivity index (χ0n) is 14.6. The Bertz CT molecular complexity index is 768. The zero-order valence-corrected chi connectivity index (χ0v) is 16.3. The number of thiophene rings is 2. The van der Waals surface area contributed by atoms with Gasteiger partial charge in [-0.25, -0.2) is 9.59 Å². The molecule has 1 aliphatic rings. The van der Waals surface area contributed by atoms with Crippen molar-refractivity contribution in [3.05, 3.63) is 38.4 Å². The predicted octanol–water partition coefficient (Wildman–Crippen LogP) is 4.97. The number of likely N-dealkylation sites (tertiary alicyclic amines) is 1. The van der Waals surface area contributed by atoms with Crippen molar-refractivity contribution in [3.63, 3.8) is 0 Å². The van der Waals surface area contributed by atoms with Crippen LogP contribution in [-0.4, -0.2) is 30.1 Å². The van der Waals surface area contributed by atoms with Crippen LogP contribution in [0.4, 0.5) is 9.80 Å². The van der Waals surface area contributed by atoms with Gasteiger partial charge in [0.25, 0.3) is 0 Å². The molecular weight excluding hydrogens is 356 g/mol. The van der Waals surface area contributed by atoms with Gasteiger partial charge in [0.15, 0.2) is 0 Å². The zero-order chi connectivity index (χ0) is 18.0. The van der Waals surface area contributed by atoms with Crippen LogP contribution in [0.25, 0.3) is 0 Å². The van der Waals surface area contributed by atoms with E-state index >= 15 is 0 Å². The first-order valence-electron chi connectivity index (χ1n) is 8.41. The minimum absolute atomic E-state index is 0.119. The first-order chi connectivity index (χ1) is 12.0. The summed E-state index contributed by atoms with van der Waals surface area (Å²) in [5.74, 6) is -0.379. The first kappa shape index (κ1) is 17.9. The van der Waals surface area contributed by atoms with E-state index in [1.807, 2.05) is 30.2 Å². The normalized spacial score (nSPS) is 16.9. The number of carbonyl (C=O) groups is 2. The van der Waals surface area contributed by atoms with Crippen molar-refractivity contribution in [1.29, 1.82) is 0 Å². The Labute approximate surface area is 155 Å². The highest BCUT2D eigenvalue weighted by atomic mass is 32.1. The molecule has 7 heteroatoms. The molecule has 0 spiro atoms. The summed E-state index contributed by atoms with van der Waals surface area (Å²) in [6, 6.07) is 4.06. The third-order valence-corrected chi connectivity index (χ3v) is 6.57. The number of aryl methyl sites for hydroxylation is 1. The highest BCUT2D eigenvalue weighted by molar-refractivity contribution is 7.16. The smallest absolute Gasteiger partial charge is 0.341 e. The predicted molar refractivity (Wildman–Crippen MR) is 102 cm³/mol. The van der Waals surface area contributed by atoms with Crippen molar-refractivity contribution in [2.75, 3.05) is 18.5 Å². The quantitative estimate of drug-likeness (QED) is 0.764. The molecule has 0 aromatic carbocycles. The maximum absolute atomic E-state index is 12.8. The number of hydrogen-bond acceptors (Lipinski definition) is 5. The SMILES string of the molecule is CCOC(=O)c1c(NC(=O)N2CCC[C@@H]2c2cccs2)sc(C)c1C. The average molecular weight is 379 g/mol. The number of nitrogens with one attached hydrogen (secondary N) is 1. The van der Waals surface area contributed by atoms with E-state index in [1.165, 1.54) is 16.2 Å². The summed E-state index contributed by atoms with van der Waals surface area (Å²) in [7, 11) is 0. The Morgan fingerprint density at radius 1 is 1.40 bits per heavy atom. The molecule has 2 aromatic rings. The summed E-state index contributed by atoms with van der Waals surface area (Å²) >= 11 is 3.10. The third kappa shape index (κ3) is 3.57. The molecule has 1 saturated heterocycles. The molecule has 0 saturated carbocycles. The second-order valence-electron chi connectivity index (χ2n) is 6.00. The number of rotatable bonds is 4. The third-order valence-electron chi connectivity index (χ3n) is 4.47. The van der Waals surface area contributed by atoms with Gasteiger partial charge in [-0.05, 0) is 50.6 Å². The molecule has 1 fully saturated rings. The lowest BCUT2D eigenvalue weighted by atomic mass is 10.1. The standard InChI is InChI=1S/C18H22N2O3S2/c1-4-23-17(21)15-11(2)12(3)25-16(15)19-18(22)20-9-5-7-13(20)14-8-6-10-24-14/h6,8,10,13H,4-5,7,9H2,1-3H3,(H,19,22)/t13-/m1/s1. The van der Waals surface area contributed by atoms with E-state index in [2.05, 4.69) is 11.4 Å². The van der Waals surface area contributed by atoms with Crippen molar-refractivity contribution < 1.29 is 14.3 Å². The molecule has 5 nitrogen and oxygen atoms in total. The van der Waals surface area contributed by atoms with E-state index in [1.54, 1.807) is 18.3 Å². The Kier molecular flexibility index (Phi) is 5.44. The van der Waals surface area contributed by atoms with Crippen molar-refractivity contribution in [2.24, 2.45) is 0 Å². The van der Waals surface area contributed by atoms with Crippen molar-refractivity contribution >= 4 is 39.7 Å². The molecular formula is C18H22N2O3S2. The van der Waals surface area contributed by atoms with Crippen LogP contribution >= 0.6 is 22.7 Å². The van der Waals surface area contributed by atoms with Gasteiger partial charge < -0.3 is 9.64 Å². The lowest BCUT2D eigenvalue weighted by Crippen LogP contribution is -2.34. The molecule has 0 unspecified atom stereocenters. The van der Waals surface area contributed by atoms with Gasteiger partial charge in [0, 0.05) is 16.3 Å². The molecule has 134 valence electrons. The van der Waals surface area contributed by atoms with E-state index in [0.29, 0.717) is 17.2 Å². The molecule has 2 aromatic heterocycles. The van der Waals surface area contributed by atoms with Crippen LogP contribution in [-0.2, 0) is 4.74 Å².